The number of amides is 3. The van der Waals surface area contributed by atoms with Gasteiger partial charge in [-0.05, 0) is 67.8 Å². The minimum atomic E-state index is -1.98. The van der Waals surface area contributed by atoms with Gasteiger partial charge in [-0.25, -0.2) is 0 Å². The molecule has 0 unspecified atom stereocenters. The molecular weight excluding hydrogens is 835 g/mol. The van der Waals surface area contributed by atoms with Gasteiger partial charge in [-0.15, -0.1) is 0 Å². The summed E-state index contributed by atoms with van der Waals surface area (Å²) in [5.74, 6) is -1.86. The first-order valence-electron chi connectivity index (χ1n) is 10.7. The van der Waals surface area contributed by atoms with E-state index in [1.807, 2.05) is 67.8 Å². The lowest BCUT2D eigenvalue weighted by atomic mass is 10.0. The molecule has 208 valence electrons. The van der Waals surface area contributed by atoms with Crippen molar-refractivity contribution < 1.29 is 49.8 Å². The fourth-order valence-corrected chi connectivity index (χ4v) is 8.16. The van der Waals surface area contributed by atoms with Crippen LogP contribution in [0, 0.1) is 10.7 Å². The molecule has 13 nitrogen and oxygen atoms in total. The molecule has 1 aromatic carbocycles. The summed E-state index contributed by atoms with van der Waals surface area (Å²) < 4.78 is 0.821. The number of nitrogens with zero attached hydrogens (tertiary/aromatic N) is 2. The van der Waals surface area contributed by atoms with Crippen molar-refractivity contribution in [2.45, 2.75) is 38.2 Å². The third-order valence-electron chi connectivity index (χ3n) is 5.19. The molecule has 0 aliphatic carbocycles. The summed E-state index contributed by atoms with van der Waals surface area (Å²) in [6.07, 6.45) is -5.58. The number of hydrogen-bond acceptors (Lipinski definition) is 10. The Bertz CT molecular complexity index is 962. The van der Waals surface area contributed by atoms with E-state index < -0.39 is 61.9 Å². The lowest BCUT2D eigenvalue weighted by Gasteiger charge is -2.31. The Kier molecular flexibility index (Phi) is 14.6. The van der Waals surface area contributed by atoms with Gasteiger partial charge in [-0.2, -0.15) is 0 Å². The Hall–Kier alpha value is -0.750. The van der Waals surface area contributed by atoms with Gasteiger partial charge in [-0.1, -0.05) is 0 Å². The minimum absolute atomic E-state index is 0.0868. The van der Waals surface area contributed by atoms with E-state index in [9.17, 15) is 44.7 Å². The molecule has 0 heterocycles. The van der Waals surface area contributed by atoms with Crippen LogP contribution in [0.2, 0.25) is 0 Å². The van der Waals surface area contributed by atoms with Crippen LogP contribution in [0.15, 0.2) is 0 Å². The minimum Gasteiger partial charge on any atom is -0.395 e. The van der Waals surface area contributed by atoms with Crippen LogP contribution in [0.4, 0.5) is 11.4 Å². The zero-order chi connectivity index (χ0) is 28.6. The summed E-state index contributed by atoms with van der Waals surface area (Å²) in [4.78, 5) is 52.4. The van der Waals surface area contributed by atoms with Crippen LogP contribution in [0.25, 0.3) is 0 Å². The molecule has 3 amide bonds. The number of benzene rings is 1. The Morgan fingerprint density at radius 1 is 0.838 bits per heavy atom. The first-order valence-corrected chi connectivity index (χ1v) is 13.9. The normalized spacial score (nSPS) is 14.4. The quantitative estimate of drug-likeness (QED) is 0.0909. The molecule has 0 saturated heterocycles. The summed E-state index contributed by atoms with van der Waals surface area (Å²) in [5.41, 5.74) is 0.314. The van der Waals surface area contributed by atoms with Gasteiger partial charge in [0.05, 0.1) is 47.5 Å². The van der Waals surface area contributed by atoms with E-state index in [0.717, 1.165) is 0 Å². The summed E-state index contributed by atoms with van der Waals surface area (Å²) in [7, 11) is 0. The lowest BCUT2D eigenvalue weighted by Crippen LogP contribution is -2.53. The Morgan fingerprint density at radius 3 is 1.59 bits per heavy atom. The first-order chi connectivity index (χ1) is 17.3. The molecule has 0 spiro atoms. The maximum atomic E-state index is 13.4. The van der Waals surface area contributed by atoms with Gasteiger partial charge in [0.1, 0.15) is 30.6 Å². The highest BCUT2D eigenvalue weighted by molar-refractivity contribution is 14.1. The van der Waals surface area contributed by atoms with Crippen LogP contribution < -0.4 is 15.1 Å². The highest BCUT2D eigenvalue weighted by Gasteiger charge is 2.35. The zero-order valence-electron chi connectivity index (χ0n) is 19.8. The predicted octanol–water partition coefficient (Wildman–Crippen LogP) is -1.44. The molecule has 0 aliphatic rings. The van der Waals surface area contributed by atoms with Crippen LogP contribution in [0.3, 0.4) is 0 Å². The maximum absolute atomic E-state index is 13.4. The SMILES string of the molecule is CC(=O)N(CCO)c1c(I)c(C(=O)N[C@@H](C=O)[C@@H](O)[C@H](O)[C@H](O)CO)c(I)c(N(CCO)C(C)=O)c1I. The van der Waals surface area contributed by atoms with Crippen LogP contribution in [0.5, 0.6) is 0 Å². The maximum Gasteiger partial charge on any atom is 0.254 e. The van der Waals surface area contributed by atoms with Crippen LogP contribution >= 0.6 is 67.8 Å². The van der Waals surface area contributed by atoms with E-state index in [-0.39, 0.29) is 43.5 Å². The van der Waals surface area contributed by atoms with Gasteiger partial charge in [0.2, 0.25) is 11.8 Å². The summed E-state index contributed by atoms with van der Waals surface area (Å²) in [6, 6.07) is -1.70. The molecule has 0 bridgehead atoms. The molecule has 1 rings (SSSR count). The van der Waals surface area contributed by atoms with Crippen molar-refractivity contribution in [2.75, 3.05) is 42.7 Å². The molecule has 0 aromatic heterocycles. The van der Waals surface area contributed by atoms with Gasteiger partial charge >= 0.3 is 0 Å². The van der Waals surface area contributed by atoms with Gasteiger partial charge in [0.25, 0.3) is 5.91 Å². The molecule has 16 heteroatoms. The Balaban J connectivity index is 3.85. The van der Waals surface area contributed by atoms with Gasteiger partial charge in [0.15, 0.2) is 0 Å². The van der Waals surface area contributed by atoms with Crippen LogP contribution in [-0.2, 0) is 14.4 Å². The third-order valence-corrected chi connectivity index (χ3v) is 8.31. The summed E-state index contributed by atoms with van der Waals surface area (Å²) in [5, 5.41) is 60.2. The number of carbonyl (C=O) groups is 4. The number of rotatable bonds is 13. The molecule has 1 aromatic rings. The number of nitrogens with one attached hydrogen (secondary N) is 1. The molecule has 0 aliphatic heterocycles. The largest absolute Gasteiger partial charge is 0.395 e. The summed E-state index contributed by atoms with van der Waals surface area (Å²) >= 11 is 5.52. The molecule has 0 radical (unpaired) electrons. The number of halogens is 3. The second-order valence-corrected chi connectivity index (χ2v) is 10.9. The number of hydrogen-bond donors (Lipinski definition) is 7. The molecule has 0 fully saturated rings. The van der Waals surface area contributed by atoms with Crippen molar-refractivity contribution in [1.82, 2.24) is 5.32 Å². The number of anilines is 2. The number of aliphatic hydroxyl groups excluding tert-OH is 6. The van der Waals surface area contributed by atoms with Crippen molar-refractivity contribution in [3.63, 3.8) is 0 Å². The molecule has 4 atom stereocenters. The monoisotopic (exact) mass is 863 g/mol. The van der Waals surface area contributed by atoms with E-state index in [0.29, 0.717) is 3.57 Å². The zero-order valence-corrected chi connectivity index (χ0v) is 26.2. The molecule has 37 heavy (non-hydrogen) atoms. The highest BCUT2D eigenvalue weighted by atomic mass is 127. The van der Waals surface area contributed by atoms with E-state index in [4.69, 9.17) is 5.11 Å². The lowest BCUT2D eigenvalue weighted by molar-refractivity contribution is -0.120. The molecular formula is C21H28I3N3O10. The van der Waals surface area contributed by atoms with Gasteiger partial charge in [-0.3, -0.25) is 14.4 Å². The second kappa shape index (κ2) is 15.7. The standard InChI is InChI=1S/C21H28I3N3O10/c1-9(32)26(3-5-28)17-14(22)13(15(23)18(16(17)24)27(4-6-29)10(2)33)21(37)25-11(7-30)19(35)20(36)12(34)8-31/h7,11-12,19-20,28-29,31,34-36H,3-6,8H2,1-2H3,(H,25,37)/t11-,12+,19+,20+/m0/s1. The van der Waals surface area contributed by atoms with E-state index in [2.05, 4.69) is 5.32 Å². The second-order valence-electron chi connectivity index (χ2n) is 7.67. The average Bonchev–Trinajstić information content (AvgIpc) is 2.84. The summed E-state index contributed by atoms with van der Waals surface area (Å²) in [6.45, 7) is 0.505. The van der Waals surface area contributed by atoms with Crippen molar-refractivity contribution in [2.24, 2.45) is 0 Å². The van der Waals surface area contributed by atoms with E-state index >= 15 is 0 Å². The van der Waals surface area contributed by atoms with Crippen LogP contribution in [0.1, 0.15) is 24.2 Å². The molecule has 0 saturated carbocycles. The number of aliphatic hydroxyl groups is 6. The van der Waals surface area contributed by atoms with Gasteiger partial charge in [0, 0.05) is 26.9 Å². The van der Waals surface area contributed by atoms with Crippen molar-refractivity contribution >= 4 is 103 Å². The third kappa shape index (κ3) is 8.13. The van der Waals surface area contributed by atoms with Gasteiger partial charge < -0.3 is 50.6 Å². The fourth-order valence-electron chi connectivity index (χ4n) is 3.34. The van der Waals surface area contributed by atoms with E-state index in [1.54, 1.807) is 0 Å². The smallest absolute Gasteiger partial charge is 0.254 e. The van der Waals surface area contributed by atoms with Crippen molar-refractivity contribution in [3.05, 3.63) is 16.3 Å². The fraction of sp³-hybridized carbons (Fsp3) is 0.524. The highest BCUT2D eigenvalue weighted by Crippen LogP contribution is 2.42. The topological polar surface area (TPSA) is 208 Å². The Labute approximate surface area is 253 Å². The molecule has 7 N–H and O–H groups in total. The van der Waals surface area contributed by atoms with E-state index in [1.165, 1.54) is 23.6 Å². The Morgan fingerprint density at radius 2 is 1.27 bits per heavy atom. The number of carbonyl (C=O) groups excluding carboxylic acids is 4. The van der Waals surface area contributed by atoms with Crippen molar-refractivity contribution in [1.29, 1.82) is 0 Å². The number of aldehydes is 1. The van der Waals surface area contributed by atoms with Crippen LogP contribution in [-0.4, -0.2) is 112 Å². The predicted molar refractivity (Wildman–Crippen MR) is 157 cm³/mol. The average molecular weight is 863 g/mol. The first kappa shape index (κ1) is 34.3. The van der Waals surface area contributed by atoms with Crippen molar-refractivity contribution in [3.8, 4) is 0 Å².